The van der Waals surface area contributed by atoms with E-state index in [9.17, 15) is 24.6 Å². The van der Waals surface area contributed by atoms with Crippen LogP contribution in [-0.4, -0.2) is 58.5 Å². The Bertz CT molecular complexity index is 654. The summed E-state index contributed by atoms with van der Waals surface area (Å²) in [6.07, 6.45) is 0.207. The maximum Gasteiger partial charge on any atom is 0.251 e. The van der Waals surface area contributed by atoms with Gasteiger partial charge in [0, 0.05) is 43.7 Å². The molecule has 8 heteroatoms. The topological polar surface area (TPSA) is 119 Å². The van der Waals surface area contributed by atoms with Gasteiger partial charge >= 0.3 is 0 Å². The Hall–Kier alpha value is -2.77. The van der Waals surface area contributed by atoms with Gasteiger partial charge in [-0.25, -0.2) is 0 Å². The molecule has 1 atom stereocenters. The van der Waals surface area contributed by atoms with Crippen molar-refractivity contribution in [2.45, 2.75) is 26.3 Å². The Morgan fingerprint density at radius 3 is 2.32 bits per heavy atom. The van der Waals surface area contributed by atoms with Crippen LogP contribution in [0.2, 0.25) is 0 Å². The number of carbonyl (C=O) groups is 3. The van der Waals surface area contributed by atoms with Gasteiger partial charge in [-0.15, -0.1) is 0 Å². The number of benzene rings is 1. The molecule has 0 aliphatic carbocycles. The van der Waals surface area contributed by atoms with Crippen molar-refractivity contribution in [2.24, 2.45) is 5.92 Å². The first-order valence-electron chi connectivity index (χ1n) is 8.16. The van der Waals surface area contributed by atoms with Crippen LogP contribution >= 0.6 is 0 Å². The number of phenolic OH excluding ortho intramolecular Hbond substituents is 2. The van der Waals surface area contributed by atoms with Crippen molar-refractivity contribution >= 4 is 17.7 Å². The first-order valence-corrected chi connectivity index (χ1v) is 8.16. The number of likely N-dealkylation sites (tertiary alicyclic amines) is 1. The number of phenols is 2. The zero-order valence-electron chi connectivity index (χ0n) is 14.3. The van der Waals surface area contributed by atoms with Crippen LogP contribution in [0.5, 0.6) is 11.5 Å². The van der Waals surface area contributed by atoms with Crippen molar-refractivity contribution in [1.29, 1.82) is 0 Å². The van der Waals surface area contributed by atoms with Gasteiger partial charge in [0.25, 0.3) is 5.91 Å². The minimum Gasteiger partial charge on any atom is -0.508 e. The van der Waals surface area contributed by atoms with Gasteiger partial charge in [-0.05, 0) is 26.0 Å². The Balaban J connectivity index is 1.75. The van der Waals surface area contributed by atoms with Gasteiger partial charge in [0.15, 0.2) is 0 Å². The van der Waals surface area contributed by atoms with E-state index in [1.807, 2.05) is 13.8 Å². The quantitative estimate of drug-likeness (QED) is 0.547. The Morgan fingerprint density at radius 1 is 1.16 bits per heavy atom. The van der Waals surface area contributed by atoms with E-state index in [1.54, 1.807) is 4.90 Å². The normalized spacial score (nSPS) is 17.0. The van der Waals surface area contributed by atoms with E-state index < -0.39 is 5.91 Å². The lowest BCUT2D eigenvalue weighted by molar-refractivity contribution is -0.129. The summed E-state index contributed by atoms with van der Waals surface area (Å²) >= 11 is 0. The van der Waals surface area contributed by atoms with Crippen LogP contribution in [0.15, 0.2) is 18.2 Å². The van der Waals surface area contributed by atoms with E-state index >= 15 is 0 Å². The van der Waals surface area contributed by atoms with Gasteiger partial charge in [0.05, 0.1) is 5.92 Å². The van der Waals surface area contributed by atoms with Gasteiger partial charge in [0.1, 0.15) is 11.5 Å². The van der Waals surface area contributed by atoms with Crippen LogP contribution in [0.25, 0.3) is 0 Å². The van der Waals surface area contributed by atoms with Crippen molar-refractivity contribution < 1.29 is 24.6 Å². The van der Waals surface area contributed by atoms with Crippen molar-refractivity contribution in [3.8, 4) is 11.5 Å². The largest absolute Gasteiger partial charge is 0.508 e. The smallest absolute Gasteiger partial charge is 0.251 e. The fourth-order valence-corrected chi connectivity index (χ4v) is 2.74. The van der Waals surface area contributed by atoms with Crippen molar-refractivity contribution in [3.05, 3.63) is 23.8 Å². The molecular formula is C17H23N3O5. The number of rotatable bonds is 6. The Kier molecular flexibility index (Phi) is 5.84. The van der Waals surface area contributed by atoms with Gasteiger partial charge < -0.3 is 25.7 Å². The second-order valence-corrected chi connectivity index (χ2v) is 6.33. The lowest BCUT2D eigenvalue weighted by Crippen LogP contribution is -2.39. The summed E-state index contributed by atoms with van der Waals surface area (Å²) in [5.74, 6) is -1.48. The highest BCUT2D eigenvalue weighted by atomic mass is 16.3. The number of hydrogen-bond acceptors (Lipinski definition) is 5. The first-order chi connectivity index (χ1) is 11.8. The third-order valence-corrected chi connectivity index (χ3v) is 4.03. The molecule has 0 saturated carbocycles. The van der Waals surface area contributed by atoms with E-state index in [-0.39, 0.29) is 60.3 Å². The fraction of sp³-hybridized carbons (Fsp3) is 0.471. The first kappa shape index (κ1) is 18.6. The van der Waals surface area contributed by atoms with Gasteiger partial charge in [-0.1, -0.05) is 0 Å². The van der Waals surface area contributed by atoms with Crippen molar-refractivity contribution in [1.82, 2.24) is 15.5 Å². The number of amides is 3. The molecule has 1 aromatic carbocycles. The molecule has 136 valence electrons. The second-order valence-electron chi connectivity index (χ2n) is 6.33. The summed E-state index contributed by atoms with van der Waals surface area (Å²) in [7, 11) is 0. The predicted molar refractivity (Wildman–Crippen MR) is 90.1 cm³/mol. The van der Waals surface area contributed by atoms with Crippen molar-refractivity contribution in [2.75, 3.05) is 19.6 Å². The zero-order valence-corrected chi connectivity index (χ0v) is 14.3. The lowest BCUT2D eigenvalue weighted by atomic mass is 10.1. The molecule has 0 spiro atoms. The van der Waals surface area contributed by atoms with Crippen LogP contribution in [-0.2, 0) is 9.59 Å². The average Bonchev–Trinajstić information content (AvgIpc) is 2.92. The van der Waals surface area contributed by atoms with Gasteiger partial charge in [-0.3, -0.25) is 14.4 Å². The Labute approximate surface area is 145 Å². The van der Waals surface area contributed by atoms with E-state index in [4.69, 9.17) is 0 Å². The number of aromatic hydroxyl groups is 2. The number of nitrogens with one attached hydrogen (secondary N) is 2. The standard InChI is InChI=1S/C17H23N3O5/c1-10(2)20-9-12(7-15(20)23)17(25)19-4-3-18-16(24)11-5-13(21)8-14(22)6-11/h5-6,8,10,12,21-22H,3-4,7,9H2,1-2H3,(H,18,24)(H,19,25). The van der Waals surface area contributed by atoms with E-state index in [1.165, 1.54) is 12.1 Å². The molecule has 1 aliphatic rings. The zero-order chi connectivity index (χ0) is 18.6. The minimum absolute atomic E-state index is 0.0212. The molecule has 1 aromatic rings. The van der Waals surface area contributed by atoms with Crippen LogP contribution < -0.4 is 10.6 Å². The number of nitrogens with zero attached hydrogens (tertiary/aromatic N) is 1. The van der Waals surface area contributed by atoms with Crippen LogP contribution in [0.1, 0.15) is 30.6 Å². The van der Waals surface area contributed by atoms with E-state index in [2.05, 4.69) is 10.6 Å². The fourth-order valence-electron chi connectivity index (χ4n) is 2.74. The van der Waals surface area contributed by atoms with Crippen LogP contribution in [0, 0.1) is 5.92 Å². The average molecular weight is 349 g/mol. The molecule has 1 aliphatic heterocycles. The van der Waals surface area contributed by atoms with E-state index in [0.717, 1.165) is 6.07 Å². The van der Waals surface area contributed by atoms with Crippen LogP contribution in [0.3, 0.4) is 0 Å². The maximum atomic E-state index is 12.1. The summed E-state index contributed by atoms with van der Waals surface area (Å²) < 4.78 is 0. The second kappa shape index (κ2) is 7.87. The molecule has 3 amide bonds. The number of hydrogen-bond donors (Lipinski definition) is 4. The molecule has 0 aromatic heterocycles. The highest BCUT2D eigenvalue weighted by Gasteiger charge is 2.35. The molecule has 0 radical (unpaired) electrons. The van der Waals surface area contributed by atoms with Crippen molar-refractivity contribution in [3.63, 3.8) is 0 Å². The number of carbonyl (C=O) groups excluding carboxylic acids is 3. The third-order valence-electron chi connectivity index (χ3n) is 4.03. The molecule has 1 unspecified atom stereocenters. The molecule has 1 saturated heterocycles. The molecule has 4 N–H and O–H groups in total. The molecule has 1 fully saturated rings. The lowest BCUT2D eigenvalue weighted by Gasteiger charge is -2.20. The Morgan fingerprint density at radius 2 is 1.76 bits per heavy atom. The summed E-state index contributed by atoms with van der Waals surface area (Å²) in [6, 6.07) is 3.67. The molecule has 2 rings (SSSR count). The third kappa shape index (κ3) is 4.85. The van der Waals surface area contributed by atoms with E-state index in [0.29, 0.717) is 6.54 Å². The SMILES string of the molecule is CC(C)N1CC(C(=O)NCCNC(=O)c2cc(O)cc(O)c2)CC1=O. The summed E-state index contributed by atoms with van der Waals surface area (Å²) in [5.41, 5.74) is 0.123. The molecule has 1 heterocycles. The molecule has 25 heavy (non-hydrogen) atoms. The summed E-state index contributed by atoms with van der Waals surface area (Å²) in [6.45, 7) is 4.65. The molecule has 8 nitrogen and oxygen atoms in total. The highest BCUT2D eigenvalue weighted by Crippen LogP contribution is 2.21. The summed E-state index contributed by atoms with van der Waals surface area (Å²) in [4.78, 5) is 37.5. The molecule has 0 bridgehead atoms. The molecular weight excluding hydrogens is 326 g/mol. The summed E-state index contributed by atoms with van der Waals surface area (Å²) in [5, 5.41) is 24.0. The van der Waals surface area contributed by atoms with Gasteiger partial charge in [0.2, 0.25) is 11.8 Å². The monoisotopic (exact) mass is 349 g/mol. The van der Waals surface area contributed by atoms with Gasteiger partial charge in [-0.2, -0.15) is 0 Å². The van der Waals surface area contributed by atoms with Crippen LogP contribution in [0.4, 0.5) is 0 Å². The predicted octanol–water partition coefficient (Wildman–Crippen LogP) is 0.201. The highest BCUT2D eigenvalue weighted by molar-refractivity contribution is 5.95. The minimum atomic E-state index is -0.470. The maximum absolute atomic E-state index is 12.1.